The summed E-state index contributed by atoms with van der Waals surface area (Å²) in [6.45, 7) is 7.85. The van der Waals surface area contributed by atoms with Crippen molar-refractivity contribution < 1.29 is 14.9 Å². The van der Waals surface area contributed by atoms with E-state index in [1.807, 2.05) is 0 Å². The van der Waals surface area contributed by atoms with E-state index in [0.29, 0.717) is 31.6 Å². The van der Waals surface area contributed by atoms with Gasteiger partial charge in [0.2, 0.25) is 0 Å². The minimum atomic E-state index is -0.423. The van der Waals surface area contributed by atoms with E-state index in [9.17, 15) is 10.2 Å². The van der Waals surface area contributed by atoms with Gasteiger partial charge in [-0.3, -0.25) is 0 Å². The van der Waals surface area contributed by atoms with E-state index in [0.717, 1.165) is 32.4 Å². The summed E-state index contributed by atoms with van der Waals surface area (Å²) in [6, 6.07) is 0. The van der Waals surface area contributed by atoms with Gasteiger partial charge < -0.3 is 19.8 Å². The molecule has 2 rings (SSSR count). The summed E-state index contributed by atoms with van der Waals surface area (Å²) in [4.78, 5) is 2.30. The van der Waals surface area contributed by atoms with Crippen molar-refractivity contribution >= 4 is 0 Å². The molecule has 0 aromatic heterocycles. The highest BCUT2D eigenvalue weighted by molar-refractivity contribution is 4.95. The van der Waals surface area contributed by atoms with Gasteiger partial charge >= 0.3 is 0 Å². The van der Waals surface area contributed by atoms with Gasteiger partial charge in [0.25, 0.3) is 0 Å². The van der Waals surface area contributed by atoms with E-state index in [-0.39, 0.29) is 0 Å². The molecule has 3 atom stereocenters. The number of nitrogens with zero attached hydrogens (tertiary/aromatic N) is 1. The Balaban J connectivity index is 1.72. The molecule has 2 aliphatic rings. The first-order valence-corrected chi connectivity index (χ1v) is 8.20. The third-order valence-corrected chi connectivity index (χ3v) is 4.74. The minimum absolute atomic E-state index is 0.397. The smallest absolute Gasteiger partial charge is 0.0900 e. The third-order valence-electron chi connectivity index (χ3n) is 4.74. The van der Waals surface area contributed by atoms with E-state index in [1.54, 1.807) is 0 Å². The molecule has 1 heterocycles. The van der Waals surface area contributed by atoms with Gasteiger partial charge in [-0.2, -0.15) is 0 Å². The maximum atomic E-state index is 10.6. The summed E-state index contributed by atoms with van der Waals surface area (Å²) < 4.78 is 5.50. The first kappa shape index (κ1) is 16.2. The average Bonchev–Trinajstić information content (AvgIpc) is 2.38. The average molecular weight is 285 g/mol. The fraction of sp³-hybridized carbons (Fsp3) is 1.00. The molecule has 4 nitrogen and oxygen atoms in total. The Hall–Kier alpha value is -0.160. The van der Waals surface area contributed by atoms with Gasteiger partial charge in [-0.05, 0) is 25.2 Å². The van der Waals surface area contributed by atoms with Crippen LogP contribution < -0.4 is 0 Å². The van der Waals surface area contributed by atoms with Crippen molar-refractivity contribution in [2.45, 2.75) is 57.7 Å². The number of ether oxygens (including phenoxy) is 1. The highest BCUT2D eigenvalue weighted by Gasteiger charge is 2.42. The lowest BCUT2D eigenvalue weighted by Gasteiger charge is -2.47. The molecule has 0 unspecified atom stereocenters. The van der Waals surface area contributed by atoms with Crippen molar-refractivity contribution in [1.29, 1.82) is 0 Å². The van der Waals surface area contributed by atoms with Crippen molar-refractivity contribution in [3.8, 4) is 0 Å². The predicted molar refractivity (Wildman–Crippen MR) is 79.6 cm³/mol. The van der Waals surface area contributed by atoms with E-state index in [1.165, 1.54) is 12.8 Å². The number of hydrogen-bond acceptors (Lipinski definition) is 4. The summed E-state index contributed by atoms with van der Waals surface area (Å²) >= 11 is 0. The van der Waals surface area contributed by atoms with E-state index >= 15 is 0 Å². The predicted octanol–water partition coefficient (Wildman–Crippen LogP) is 1.65. The summed E-state index contributed by atoms with van der Waals surface area (Å²) in [6.07, 6.45) is 4.94. The quantitative estimate of drug-likeness (QED) is 0.779. The number of aliphatic hydroxyl groups excluding tert-OH is 1. The Morgan fingerprint density at radius 2 is 2.05 bits per heavy atom. The number of piperidine rings is 1. The minimum Gasteiger partial charge on any atom is -0.390 e. The second-order valence-electron chi connectivity index (χ2n) is 7.14. The summed E-state index contributed by atoms with van der Waals surface area (Å²) in [7, 11) is 0. The number of likely N-dealkylation sites (tertiary alicyclic amines) is 1. The van der Waals surface area contributed by atoms with E-state index in [2.05, 4.69) is 18.7 Å². The molecule has 0 amide bonds. The molecule has 2 N–H and O–H groups in total. The van der Waals surface area contributed by atoms with Gasteiger partial charge in [0.05, 0.1) is 18.3 Å². The number of β-amino-alcohol motifs (C(OH)–C–C–N with tert-alkyl or cyclic N) is 1. The number of fused-ring (bicyclic) bond motifs is 1. The van der Waals surface area contributed by atoms with Crippen LogP contribution in [0.25, 0.3) is 0 Å². The normalized spacial score (nSPS) is 33.1. The Morgan fingerprint density at radius 1 is 1.25 bits per heavy atom. The molecule has 0 aromatic carbocycles. The van der Waals surface area contributed by atoms with Gasteiger partial charge in [0.15, 0.2) is 0 Å². The van der Waals surface area contributed by atoms with Crippen molar-refractivity contribution in [2.75, 3.05) is 32.8 Å². The van der Waals surface area contributed by atoms with Crippen molar-refractivity contribution in [2.24, 2.45) is 11.8 Å². The highest BCUT2D eigenvalue weighted by atomic mass is 16.5. The van der Waals surface area contributed by atoms with Crippen LogP contribution in [0.15, 0.2) is 0 Å². The second-order valence-corrected chi connectivity index (χ2v) is 7.14. The molecule has 1 aliphatic heterocycles. The molecule has 0 bridgehead atoms. The van der Waals surface area contributed by atoms with Crippen LogP contribution in [0.2, 0.25) is 0 Å². The van der Waals surface area contributed by atoms with Crippen molar-refractivity contribution in [1.82, 2.24) is 4.90 Å². The molecule has 20 heavy (non-hydrogen) atoms. The second kappa shape index (κ2) is 7.21. The fourth-order valence-electron chi connectivity index (χ4n) is 3.60. The standard InChI is InChI=1S/C16H31NO3/c1-13(2)11-20-12-15(18)10-17-8-7-16(19)6-4-3-5-14(16)9-17/h13-15,18-19H,3-12H2,1-2H3/t14-,15+,16-/m0/s1. The van der Waals surface area contributed by atoms with Crippen LogP contribution in [0, 0.1) is 11.8 Å². The van der Waals surface area contributed by atoms with Crippen LogP contribution in [-0.2, 0) is 4.74 Å². The van der Waals surface area contributed by atoms with Crippen LogP contribution in [0.1, 0.15) is 46.0 Å². The van der Waals surface area contributed by atoms with Crippen molar-refractivity contribution in [3.05, 3.63) is 0 Å². The summed E-state index contributed by atoms with van der Waals surface area (Å²) in [5.41, 5.74) is -0.423. The number of aliphatic hydroxyl groups is 2. The molecule has 118 valence electrons. The van der Waals surface area contributed by atoms with E-state index < -0.39 is 11.7 Å². The van der Waals surface area contributed by atoms with Crippen LogP contribution in [-0.4, -0.2) is 59.7 Å². The molecule has 0 spiro atoms. The first-order chi connectivity index (χ1) is 9.49. The largest absolute Gasteiger partial charge is 0.390 e. The third kappa shape index (κ3) is 4.42. The Kier molecular flexibility index (Phi) is 5.84. The van der Waals surface area contributed by atoms with Gasteiger partial charge in [-0.25, -0.2) is 0 Å². The Labute approximate surface area is 123 Å². The molecular formula is C16H31NO3. The topological polar surface area (TPSA) is 52.9 Å². The Bertz CT molecular complexity index is 297. The summed E-state index contributed by atoms with van der Waals surface area (Å²) in [5, 5.41) is 20.7. The number of hydrogen-bond donors (Lipinski definition) is 2. The molecule has 0 radical (unpaired) electrons. The van der Waals surface area contributed by atoms with Crippen molar-refractivity contribution in [3.63, 3.8) is 0 Å². The SMILES string of the molecule is CC(C)COC[C@H](O)CN1CC[C@@]2(O)CCCC[C@H]2C1. The van der Waals surface area contributed by atoms with Crippen LogP contribution in [0.3, 0.4) is 0 Å². The highest BCUT2D eigenvalue weighted by Crippen LogP contribution is 2.39. The Morgan fingerprint density at radius 3 is 2.80 bits per heavy atom. The molecule has 1 aliphatic carbocycles. The van der Waals surface area contributed by atoms with Crippen LogP contribution in [0.5, 0.6) is 0 Å². The zero-order valence-corrected chi connectivity index (χ0v) is 13.1. The maximum Gasteiger partial charge on any atom is 0.0900 e. The first-order valence-electron chi connectivity index (χ1n) is 8.20. The van der Waals surface area contributed by atoms with Crippen LogP contribution >= 0.6 is 0 Å². The summed E-state index contributed by atoms with van der Waals surface area (Å²) in [5.74, 6) is 0.906. The lowest BCUT2D eigenvalue weighted by molar-refractivity contribution is -0.103. The van der Waals surface area contributed by atoms with Crippen LogP contribution in [0.4, 0.5) is 0 Å². The van der Waals surface area contributed by atoms with Gasteiger partial charge in [-0.1, -0.05) is 26.7 Å². The lowest BCUT2D eigenvalue weighted by atomic mass is 9.71. The van der Waals surface area contributed by atoms with Gasteiger partial charge in [0, 0.05) is 32.2 Å². The molecule has 0 aromatic rings. The number of rotatable bonds is 6. The molecule has 4 heteroatoms. The monoisotopic (exact) mass is 285 g/mol. The molecule has 1 saturated heterocycles. The van der Waals surface area contributed by atoms with Gasteiger partial charge in [-0.15, -0.1) is 0 Å². The zero-order valence-electron chi connectivity index (χ0n) is 13.1. The lowest BCUT2D eigenvalue weighted by Crippen LogP contribution is -2.54. The fourth-order valence-corrected chi connectivity index (χ4v) is 3.60. The molecular weight excluding hydrogens is 254 g/mol. The molecule has 1 saturated carbocycles. The zero-order chi connectivity index (χ0) is 14.6. The van der Waals surface area contributed by atoms with E-state index in [4.69, 9.17) is 4.74 Å². The van der Waals surface area contributed by atoms with Gasteiger partial charge in [0.1, 0.15) is 0 Å². The maximum absolute atomic E-state index is 10.6. The molecule has 2 fully saturated rings.